The van der Waals surface area contributed by atoms with Crippen molar-refractivity contribution in [1.29, 1.82) is 0 Å². The van der Waals surface area contributed by atoms with Crippen LogP contribution in [0.5, 0.6) is 0 Å². The van der Waals surface area contributed by atoms with Crippen LogP contribution in [0.25, 0.3) is 5.69 Å². The highest BCUT2D eigenvalue weighted by Crippen LogP contribution is 2.25. The third kappa shape index (κ3) is 4.22. The highest BCUT2D eigenvalue weighted by atomic mass is 35.5. The lowest BCUT2D eigenvalue weighted by atomic mass is 10.2. The van der Waals surface area contributed by atoms with Gasteiger partial charge in [-0.05, 0) is 42.5 Å². The van der Waals surface area contributed by atoms with E-state index in [1.165, 1.54) is 41.4 Å². The SMILES string of the molecule is O=C1OCCN1c1cccc(NS(=O)(=O)c2ccc(-n3ncc(Cl)c(Cl)c3=O)cc2)c1. The van der Waals surface area contributed by atoms with E-state index >= 15 is 0 Å². The third-order valence-electron chi connectivity index (χ3n) is 4.44. The number of anilines is 2. The summed E-state index contributed by atoms with van der Waals surface area (Å²) in [7, 11) is -3.93. The van der Waals surface area contributed by atoms with Gasteiger partial charge in [-0.15, -0.1) is 0 Å². The van der Waals surface area contributed by atoms with Crippen molar-refractivity contribution in [3.05, 3.63) is 75.1 Å². The van der Waals surface area contributed by atoms with E-state index in [4.69, 9.17) is 27.9 Å². The van der Waals surface area contributed by atoms with Crippen LogP contribution >= 0.6 is 23.2 Å². The van der Waals surface area contributed by atoms with E-state index in [9.17, 15) is 18.0 Å². The Bertz CT molecular complexity index is 1330. The number of carbonyl (C=O) groups is 1. The Labute approximate surface area is 186 Å². The van der Waals surface area contributed by atoms with E-state index < -0.39 is 21.7 Å². The van der Waals surface area contributed by atoms with Crippen molar-refractivity contribution in [2.45, 2.75) is 4.90 Å². The van der Waals surface area contributed by atoms with E-state index in [2.05, 4.69) is 9.82 Å². The molecule has 31 heavy (non-hydrogen) atoms. The van der Waals surface area contributed by atoms with E-state index in [0.717, 1.165) is 4.68 Å². The first-order valence-corrected chi connectivity index (χ1v) is 11.1. The van der Waals surface area contributed by atoms with Crippen LogP contribution in [0.1, 0.15) is 0 Å². The quantitative estimate of drug-likeness (QED) is 0.599. The van der Waals surface area contributed by atoms with Crippen LogP contribution in [0.2, 0.25) is 10.0 Å². The summed E-state index contributed by atoms with van der Waals surface area (Å²) < 4.78 is 33.9. The van der Waals surface area contributed by atoms with Crippen LogP contribution in [-0.4, -0.2) is 37.4 Å². The van der Waals surface area contributed by atoms with E-state index in [1.807, 2.05) is 0 Å². The van der Waals surface area contributed by atoms with E-state index in [1.54, 1.807) is 18.2 Å². The molecule has 2 aromatic carbocycles. The van der Waals surface area contributed by atoms with Crippen molar-refractivity contribution < 1.29 is 17.9 Å². The largest absolute Gasteiger partial charge is 0.447 e. The summed E-state index contributed by atoms with van der Waals surface area (Å²) in [6.45, 7) is 0.663. The molecular formula is C19H14Cl2N4O5S. The summed E-state index contributed by atoms with van der Waals surface area (Å²) >= 11 is 11.6. The number of nitrogens with zero attached hydrogens (tertiary/aromatic N) is 3. The summed E-state index contributed by atoms with van der Waals surface area (Å²) in [4.78, 5) is 25.3. The highest BCUT2D eigenvalue weighted by Gasteiger charge is 2.24. The Morgan fingerprint density at radius 1 is 1.03 bits per heavy atom. The number of ether oxygens (including phenoxy) is 1. The molecule has 1 amide bonds. The van der Waals surface area contributed by atoms with Gasteiger partial charge in [-0.3, -0.25) is 14.4 Å². The van der Waals surface area contributed by atoms with Crippen LogP contribution in [0.15, 0.2) is 64.4 Å². The van der Waals surface area contributed by atoms with Crippen molar-refractivity contribution >= 4 is 50.7 Å². The summed E-state index contributed by atoms with van der Waals surface area (Å²) in [5.41, 5.74) is 0.490. The number of sulfonamides is 1. The molecule has 2 heterocycles. The molecular weight excluding hydrogens is 467 g/mol. The smallest absolute Gasteiger partial charge is 0.414 e. The first-order chi connectivity index (χ1) is 14.8. The molecule has 0 bridgehead atoms. The van der Waals surface area contributed by atoms with Gasteiger partial charge < -0.3 is 4.74 Å². The molecule has 3 aromatic rings. The van der Waals surface area contributed by atoms with Crippen molar-refractivity contribution in [2.24, 2.45) is 0 Å². The van der Waals surface area contributed by atoms with Crippen LogP contribution < -0.4 is 15.2 Å². The number of benzene rings is 2. The van der Waals surface area contributed by atoms with E-state index in [0.29, 0.717) is 17.9 Å². The maximum Gasteiger partial charge on any atom is 0.414 e. The molecule has 1 saturated heterocycles. The average Bonchev–Trinajstić information content (AvgIpc) is 3.18. The lowest BCUT2D eigenvalue weighted by Gasteiger charge is -2.15. The number of nitrogens with one attached hydrogen (secondary N) is 1. The van der Waals surface area contributed by atoms with Crippen LogP contribution in [0.4, 0.5) is 16.2 Å². The van der Waals surface area contributed by atoms with Crippen LogP contribution in [-0.2, 0) is 14.8 Å². The first kappa shape index (κ1) is 21.2. The molecule has 9 nitrogen and oxygen atoms in total. The Balaban J connectivity index is 1.58. The zero-order chi connectivity index (χ0) is 22.2. The lowest BCUT2D eigenvalue weighted by molar-refractivity contribution is 0.181. The predicted molar refractivity (Wildman–Crippen MR) is 116 cm³/mol. The van der Waals surface area contributed by atoms with Crippen molar-refractivity contribution in [3.8, 4) is 5.69 Å². The molecule has 160 valence electrons. The number of cyclic esters (lactones) is 1. The summed E-state index contributed by atoms with van der Waals surface area (Å²) in [5, 5.41) is 3.74. The minimum absolute atomic E-state index is 0.0238. The molecule has 0 radical (unpaired) electrons. The molecule has 1 aliphatic heterocycles. The average molecular weight is 481 g/mol. The topological polar surface area (TPSA) is 111 Å². The molecule has 0 spiro atoms. The Morgan fingerprint density at radius 2 is 1.77 bits per heavy atom. The number of carbonyl (C=O) groups excluding carboxylic acids is 1. The Kier molecular flexibility index (Phi) is 5.61. The van der Waals surface area contributed by atoms with Crippen molar-refractivity contribution in [1.82, 2.24) is 9.78 Å². The molecule has 1 fully saturated rings. The van der Waals surface area contributed by atoms with Gasteiger partial charge in [-0.2, -0.15) is 9.78 Å². The lowest BCUT2D eigenvalue weighted by Crippen LogP contribution is -2.23. The fourth-order valence-electron chi connectivity index (χ4n) is 2.94. The van der Waals surface area contributed by atoms with Gasteiger partial charge in [0, 0.05) is 5.69 Å². The monoisotopic (exact) mass is 480 g/mol. The van der Waals surface area contributed by atoms with Crippen LogP contribution in [0.3, 0.4) is 0 Å². The third-order valence-corrected chi connectivity index (χ3v) is 6.58. The fourth-order valence-corrected chi connectivity index (χ4v) is 4.25. The van der Waals surface area contributed by atoms with Crippen molar-refractivity contribution in [3.63, 3.8) is 0 Å². The number of rotatable bonds is 5. The molecule has 0 atom stereocenters. The number of amides is 1. The minimum atomic E-state index is -3.93. The van der Waals surface area contributed by atoms with Gasteiger partial charge in [-0.1, -0.05) is 29.3 Å². The minimum Gasteiger partial charge on any atom is -0.447 e. The zero-order valence-corrected chi connectivity index (χ0v) is 18.0. The van der Waals surface area contributed by atoms with Gasteiger partial charge in [0.2, 0.25) is 0 Å². The summed E-state index contributed by atoms with van der Waals surface area (Å²) in [6.07, 6.45) is 0.738. The molecule has 0 aliphatic carbocycles. The maximum absolute atomic E-state index is 12.8. The van der Waals surface area contributed by atoms with E-state index in [-0.39, 0.29) is 27.2 Å². The number of halogens is 2. The van der Waals surface area contributed by atoms with Gasteiger partial charge in [-0.25, -0.2) is 13.2 Å². The molecule has 1 aromatic heterocycles. The van der Waals surface area contributed by atoms with Gasteiger partial charge in [0.25, 0.3) is 15.6 Å². The number of aromatic nitrogens is 2. The van der Waals surface area contributed by atoms with Gasteiger partial charge in [0.05, 0.1) is 34.0 Å². The van der Waals surface area contributed by atoms with Crippen LogP contribution in [0, 0.1) is 0 Å². The number of hydrogen-bond donors (Lipinski definition) is 1. The molecule has 1 aliphatic rings. The maximum atomic E-state index is 12.8. The van der Waals surface area contributed by atoms with Gasteiger partial charge in [0.15, 0.2) is 0 Å². The second kappa shape index (κ2) is 8.22. The Hall–Kier alpha value is -3.08. The normalized spacial score (nSPS) is 13.9. The molecule has 12 heteroatoms. The van der Waals surface area contributed by atoms with Crippen molar-refractivity contribution in [2.75, 3.05) is 22.8 Å². The standard InChI is InChI=1S/C19H14Cl2N4O5S/c20-16-11-22-25(18(26)17(16)21)13-4-6-15(7-5-13)31(28,29)23-12-2-1-3-14(10-12)24-8-9-30-19(24)27/h1-7,10-11,23H,8-9H2. The molecule has 4 rings (SSSR count). The predicted octanol–water partition coefficient (Wildman–Crippen LogP) is 3.30. The first-order valence-electron chi connectivity index (χ1n) is 8.87. The summed E-state index contributed by atoms with van der Waals surface area (Å²) in [6, 6.07) is 11.9. The second-order valence-corrected chi connectivity index (χ2v) is 8.91. The zero-order valence-electron chi connectivity index (χ0n) is 15.7. The fraction of sp³-hybridized carbons (Fsp3) is 0.105. The molecule has 0 unspecified atom stereocenters. The number of hydrogen-bond acceptors (Lipinski definition) is 6. The Morgan fingerprint density at radius 3 is 2.45 bits per heavy atom. The van der Waals surface area contributed by atoms with Gasteiger partial charge in [0.1, 0.15) is 11.6 Å². The highest BCUT2D eigenvalue weighted by molar-refractivity contribution is 7.92. The van der Waals surface area contributed by atoms with Gasteiger partial charge >= 0.3 is 6.09 Å². The summed E-state index contributed by atoms with van der Waals surface area (Å²) in [5.74, 6) is 0. The molecule has 1 N–H and O–H groups in total. The molecule has 0 saturated carbocycles. The second-order valence-electron chi connectivity index (χ2n) is 6.44.